The predicted octanol–water partition coefficient (Wildman–Crippen LogP) is 5.71. The van der Waals surface area contributed by atoms with Crippen molar-refractivity contribution in [1.29, 1.82) is 0 Å². The Morgan fingerprint density at radius 2 is 1.79 bits per heavy atom. The van der Waals surface area contributed by atoms with E-state index in [-0.39, 0.29) is 22.0 Å². The molecule has 1 aliphatic heterocycles. The monoisotopic (exact) mass is 566 g/mol. The summed E-state index contributed by atoms with van der Waals surface area (Å²) in [5.41, 5.74) is 2.67. The highest BCUT2D eigenvalue weighted by Gasteiger charge is 2.45. The molecule has 0 unspecified atom stereocenters. The molecule has 0 amide bonds. The smallest absolute Gasteiger partial charge is 0.242 e. The Morgan fingerprint density at radius 1 is 1.03 bits per heavy atom. The molecule has 0 saturated carbocycles. The second-order valence-electron chi connectivity index (χ2n) is 10.7. The third-order valence-electron chi connectivity index (χ3n) is 8.11. The maximum absolute atomic E-state index is 13.3. The van der Waals surface area contributed by atoms with Crippen LogP contribution in [-0.2, 0) is 16.4 Å². The topological polar surface area (TPSA) is 75.7 Å². The van der Waals surface area contributed by atoms with E-state index in [2.05, 4.69) is 5.32 Å². The number of nitrogens with one attached hydrogen (secondary N) is 1. The van der Waals surface area contributed by atoms with Gasteiger partial charge in [0.1, 0.15) is 5.75 Å². The number of ketones is 1. The van der Waals surface area contributed by atoms with Crippen LogP contribution in [0.4, 0.5) is 0 Å². The second-order valence-corrected chi connectivity index (χ2v) is 13.2. The van der Waals surface area contributed by atoms with E-state index in [1.54, 1.807) is 37.4 Å². The maximum atomic E-state index is 13.3. The third-order valence-corrected chi connectivity index (χ3v) is 10.2. The fourth-order valence-corrected chi connectivity index (χ4v) is 7.31. The first-order valence-corrected chi connectivity index (χ1v) is 15.4. The Morgan fingerprint density at radius 3 is 2.54 bits per heavy atom. The maximum Gasteiger partial charge on any atom is 0.242 e. The average molecular weight is 567 g/mol. The van der Waals surface area contributed by atoms with Crippen molar-refractivity contribution in [2.45, 2.75) is 42.9 Å². The van der Waals surface area contributed by atoms with Crippen molar-refractivity contribution in [1.82, 2.24) is 9.62 Å². The van der Waals surface area contributed by atoms with E-state index < -0.39 is 10.0 Å². The van der Waals surface area contributed by atoms with Crippen molar-refractivity contribution in [3.8, 4) is 5.75 Å². The van der Waals surface area contributed by atoms with Gasteiger partial charge in [-0.05, 0) is 98.6 Å². The molecular formula is C31H35ClN2O4S. The van der Waals surface area contributed by atoms with Crippen LogP contribution < -0.4 is 10.1 Å². The van der Waals surface area contributed by atoms with Crippen LogP contribution in [0.1, 0.15) is 53.1 Å². The Kier molecular flexibility index (Phi) is 8.43. The first kappa shape index (κ1) is 27.8. The summed E-state index contributed by atoms with van der Waals surface area (Å²) in [4.78, 5) is 13.5. The Labute approximate surface area is 236 Å². The zero-order valence-electron chi connectivity index (χ0n) is 22.2. The molecule has 1 saturated heterocycles. The molecule has 3 aromatic carbocycles. The summed E-state index contributed by atoms with van der Waals surface area (Å²) in [5, 5.41) is 3.98. The van der Waals surface area contributed by atoms with Gasteiger partial charge in [0.15, 0.2) is 5.78 Å². The van der Waals surface area contributed by atoms with E-state index in [1.165, 1.54) is 4.31 Å². The number of hydrogen-bond donors (Lipinski definition) is 1. The summed E-state index contributed by atoms with van der Waals surface area (Å²) < 4.78 is 33.8. The molecule has 3 aromatic rings. The molecule has 0 aromatic heterocycles. The standard InChI is InChI=1S/C31H35ClN2O4S/c1-34(39(36,37)28-10-3-2-4-11-28)22-25(23-7-5-9-26(32)19-23)8-6-18-38-27-13-12-24-21-31(14-16-33-17-15-31)30(35)29(24)20-27/h2-5,7,9-13,19-20,25,33H,6,8,14-18,21-22H2,1H3/t25-/m1/s1. The van der Waals surface area contributed by atoms with Gasteiger partial charge in [0.05, 0.1) is 11.5 Å². The molecule has 39 heavy (non-hydrogen) atoms. The zero-order chi connectivity index (χ0) is 27.5. The number of carbonyl (C=O) groups is 1. The lowest BCUT2D eigenvalue weighted by atomic mass is 9.75. The highest BCUT2D eigenvalue weighted by Crippen LogP contribution is 2.44. The fourth-order valence-electron chi connectivity index (χ4n) is 5.88. The van der Waals surface area contributed by atoms with Crippen molar-refractivity contribution in [3.05, 3.63) is 94.5 Å². The van der Waals surface area contributed by atoms with Gasteiger partial charge in [0, 0.05) is 29.6 Å². The van der Waals surface area contributed by atoms with Crippen LogP contribution in [0, 0.1) is 5.41 Å². The molecule has 206 valence electrons. The van der Waals surface area contributed by atoms with Gasteiger partial charge in [0.2, 0.25) is 10.0 Å². The summed E-state index contributed by atoms with van der Waals surface area (Å²) in [7, 11) is -2.00. The molecule has 1 aliphatic carbocycles. The van der Waals surface area contributed by atoms with Crippen LogP contribution >= 0.6 is 11.6 Å². The molecule has 1 spiro atoms. The van der Waals surface area contributed by atoms with Gasteiger partial charge < -0.3 is 10.1 Å². The number of nitrogens with zero attached hydrogens (tertiary/aromatic N) is 1. The molecule has 6 nitrogen and oxygen atoms in total. The van der Waals surface area contributed by atoms with Gasteiger partial charge in [-0.3, -0.25) is 4.79 Å². The summed E-state index contributed by atoms with van der Waals surface area (Å²) >= 11 is 6.28. The number of sulfonamides is 1. The summed E-state index contributed by atoms with van der Waals surface area (Å²) in [6.07, 6.45) is 4.03. The number of carbonyl (C=O) groups excluding carboxylic acids is 1. The molecule has 2 aliphatic rings. The highest BCUT2D eigenvalue weighted by molar-refractivity contribution is 7.89. The van der Waals surface area contributed by atoms with Gasteiger partial charge >= 0.3 is 0 Å². The van der Waals surface area contributed by atoms with Gasteiger partial charge in [-0.25, -0.2) is 12.7 Å². The van der Waals surface area contributed by atoms with Crippen LogP contribution in [0.5, 0.6) is 5.75 Å². The van der Waals surface area contributed by atoms with Gasteiger partial charge in [-0.2, -0.15) is 0 Å². The van der Waals surface area contributed by atoms with E-state index in [0.29, 0.717) is 23.9 Å². The molecule has 1 heterocycles. The Bertz CT molecular complexity index is 1420. The fraction of sp³-hybridized carbons (Fsp3) is 0.387. The SMILES string of the molecule is CN(C[C@@H](CCCOc1ccc2c(c1)C(=O)C1(CCNCC1)C2)c1cccc(Cl)c1)S(=O)(=O)c1ccccc1. The van der Waals surface area contributed by atoms with Crippen molar-refractivity contribution in [3.63, 3.8) is 0 Å². The Balaban J connectivity index is 1.23. The lowest BCUT2D eigenvalue weighted by Crippen LogP contribution is -2.40. The average Bonchev–Trinajstić information content (AvgIpc) is 3.21. The summed E-state index contributed by atoms with van der Waals surface area (Å²) in [6, 6.07) is 22.0. The number of hydrogen-bond acceptors (Lipinski definition) is 5. The normalized spacial score (nSPS) is 17.4. The third kappa shape index (κ3) is 6.07. The van der Waals surface area contributed by atoms with E-state index in [9.17, 15) is 13.2 Å². The summed E-state index contributed by atoms with van der Waals surface area (Å²) in [6.45, 7) is 2.56. The number of likely N-dealkylation sites (N-methyl/N-ethyl adjacent to an activating group) is 1. The minimum Gasteiger partial charge on any atom is -0.494 e. The molecule has 0 bridgehead atoms. The predicted molar refractivity (Wildman–Crippen MR) is 154 cm³/mol. The number of ether oxygens (including phenoxy) is 1. The number of Topliss-reactive ketones (excluding diaryl/α,β-unsaturated/α-hetero) is 1. The quantitative estimate of drug-likeness (QED) is 0.318. The van der Waals surface area contributed by atoms with Crippen molar-refractivity contribution < 1.29 is 17.9 Å². The van der Waals surface area contributed by atoms with E-state index in [1.807, 2.05) is 42.5 Å². The van der Waals surface area contributed by atoms with Crippen LogP contribution in [0.25, 0.3) is 0 Å². The minimum absolute atomic E-state index is 0.0582. The van der Waals surface area contributed by atoms with Crippen LogP contribution in [0.3, 0.4) is 0 Å². The molecule has 1 N–H and O–H groups in total. The van der Waals surface area contributed by atoms with Crippen LogP contribution in [0.2, 0.25) is 5.02 Å². The minimum atomic E-state index is -3.62. The number of piperidine rings is 1. The highest BCUT2D eigenvalue weighted by atomic mass is 35.5. The number of halogens is 1. The lowest BCUT2D eigenvalue weighted by Gasteiger charge is -2.31. The molecule has 5 rings (SSSR count). The summed E-state index contributed by atoms with van der Waals surface area (Å²) in [5.74, 6) is 0.904. The van der Waals surface area contributed by atoms with Crippen LogP contribution in [0.15, 0.2) is 77.7 Å². The second kappa shape index (κ2) is 11.8. The largest absolute Gasteiger partial charge is 0.494 e. The van der Waals surface area contributed by atoms with E-state index in [4.69, 9.17) is 16.3 Å². The number of rotatable bonds is 10. The molecule has 0 radical (unpaired) electrons. The molecule has 1 fully saturated rings. The van der Waals surface area contributed by atoms with Crippen LogP contribution in [-0.4, -0.2) is 51.8 Å². The Hall–Kier alpha value is -2.71. The molecule has 8 heteroatoms. The molecule has 1 atom stereocenters. The zero-order valence-corrected chi connectivity index (χ0v) is 23.8. The van der Waals surface area contributed by atoms with Crippen molar-refractivity contribution in [2.75, 3.05) is 33.3 Å². The van der Waals surface area contributed by atoms with E-state index >= 15 is 0 Å². The van der Waals surface area contributed by atoms with Crippen molar-refractivity contribution >= 4 is 27.4 Å². The first-order valence-electron chi connectivity index (χ1n) is 13.6. The van der Waals surface area contributed by atoms with Crippen molar-refractivity contribution in [2.24, 2.45) is 5.41 Å². The van der Waals surface area contributed by atoms with Gasteiger partial charge in [0.25, 0.3) is 0 Å². The number of benzene rings is 3. The van der Waals surface area contributed by atoms with E-state index in [0.717, 1.165) is 61.9 Å². The van der Waals surface area contributed by atoms with Gasteiger partial charge in [-0.15, -0.1) is 0 Å². The molecular weight excluding hydrogens is 532 g/mol. The number of fused-ring (bicyclic) bond motifs is 1. The first-order chi connectivity index (χ1) is 18.8. The van der Waals surface area contributed by atoms with Gasteiger partial charge in [-0.1, -0.05) is 48.0 Å². The lowest BCUT2D eigenvalue weighted by molar-refractivity contribution is 0.0761.